The number of ether oxygens (including phenoxy) is 2. The summed E-state index contributed by atoms with van der Waals surface area (Å²) in [5, 5.41) is 2.57. The topological polar surface area (TPSA) is 105 Å². The van der Waals surface area contributed by atoms with Gasteiger partial charge < -0.3 is 19.3 Å². The minimum Gasteiger partial charge on any atom is -0.748 e. The van der Waals surface area contributed by atoms with Gasteiger partial charge in [-0.15, -0.1) is 0 Å². The minimum atomic E-state index is -4.29. The number of unbranched alkanes of at least 4 members (excludes halogenated alkanes) is 9. The molecule has 1 atom stereocenters. The van der Waals surface area contributed by atoms with Crippen molar-refractivity contribution in [1.82, 2.24) is 5.32 Å². The van der Waals surface area contributed by atoms with Crippen molar-refractivity contribution in [2.24, 2.45) is 0 Å². The highest BCUT2D eigenvalue weighted by molar-refractivity contribution is 7.85. The Kier molecular flexibility index (Phi) is 14.9. The maximum Gasteiger partial charge on any atom is 0.407 e. The number of carbonyl (C=O) groups is 1. The van der Waals surface area contributed by atoms with Crippen molar-refractivity contribution in [2.45, 2.75) is 104 Å². The lowest BCUT2D eigenvalue weighted by molar-refractivity contribution is 0.0901. The molecule has 34 heavy (non-hydrogen) atoms. The van der Waals surface area contributed by atoms with Gasteiger partial charge in [0.15, 0.2) is 0 Å². The molecule has 1 unspecified atom stereocenters. The Morgan fingerprint density at radius 1 is 0.941 bits per heavy atom. The van der Waals surface area contributed by atoms with Crippen molar-refractivity contribution in [3.8, 4) is 5.75 Å². The summed E-state index contributed by atoms with van der Waals surface area (Å²) in [4.78, 5) is 12.4. The Hall–Kier alpha value is -1.80. The van der Waals surface area contributed by atoms with Gasteiger partial charge in [-0.2, -0.15) is 0 Å². The molecule has 0 spiro atoms. The molecule has 0 saturated carbocycles. The number of alkyl carbamates (subject to hydrolysis) is 1. The zero-order valence-corrected chi connectivity index (χ0v) is 22.3. The third-order valence-corrected chi connectivity index (χ3v) is 6.82. The predicted octanol–water partition coefficient (Wildman–Crippen LogP) is 6.33. The molecule has 1 rings (SSSR count). The highest BCUT2D eigenvalue weighted by Crippen LogP contribution is 2.32. The minimum absolute atomic E-state index is 0.0602. The molecule has 0 aromatic heterocycles. The lowest BCUT2D eigenvalue weighted by Gasteiger charge is -2.23. The maximum atomic E-state index is 12.4. The van der Waals surface area contributed by atoms with E-state index in [1.54, 1.807) is 7.11 Å². The average Bonchev–Trinajstić information content (AvgIpc) is 2.76. The van der Waals surface area contributed by atoms with Crippen LogP contribution in [0.3, 0.4) is 0 Å². The molecule has 1 aromatic rings. The van der Waals surface area contributed by atoms with Crippen LogP contribution >= 0.6 is 0 Å². The van der Waals surface area contributed by atoms with E-state index >= 15 is 0 Å². The lowest BCUT2D eigenvalue weighted by Crippen LogP contribution is -2.28. The third kappa shape index (κ3) is 13.2. The van der Waals surface area contributed by atoms with Crippen molar-refractivity contribution >= 4 is 16.2 Å². The molecule has 0 aliphatic carbocycles. The summed E-state index contributed by atoms with van der Waals surface area (Å²) in [6, 6.07) is 3.88. The number of methoxy groups -OCH3 is 1. The molecule has 0 bridgehead atoms. The first-order chi connectivity index (χ1) is 16.2. The van der Waals surface area contributed by atoms with Gasteiger partial charge in [0.1, 0.15) is 11.9 Å². The number of hydrogen-bond acceptors (Lipinski definition) is 6. The van der Waals surface area contributed by atoms with Crippen LogP contribution in [0.25, 0.3) is 0 Å². The van der Waals surface area contributed by atoms with Crippen LogP contribution in [0.5, 0.6) is 5.75 Å². The normalized spacial score (nSPS) is 12.4. The van der Waals surface area contributed by atoms with Gasteiger partial charge in [0.05, 0.1) is 17.2 Å². The van der Waals surface area contributed by atoms with Gasteiger partial charge >= 0.3 is 6.09 Å². The summed E-state index contributed by atoms with van der Waals surface area (Å²) >= 11 is 0. The van der Waals surface area contributed by atoms with E-state index in [0.29, 0.717) is 6.42 Å². The molecule has 1 amide bonds. The number of amides is 1. The Labute approximate surface area is 206 Å². The molecule has 8 heteroatoms. The highest BCUT2D eigenvalue weighted by Gasteiger charge is 2.21. The molecule has 0 aliphatic heterocycles. The van der Waals surface area contributed by atoms with E-state index in [4.69, 9.17) is 9.47 Å². The number of carbonyl (C=O) groups excluding carboxylic acids is 1. The monoisotopic (exact) mass is 498 g/mol. The molecule has 7 nitrogen and oxygen atoms in total. The fourth-order valence-corrected chi connectivity index (χ4v) is 4.75. The molecule has 0 aliphatic rings. The molecule has 196 valence electrons. The molecular weight excluding hydrogens is 454 g/mol. The van der Waals surface area contributed by atoms with E-state index in [2.05, 4.69) is 12.2 Å². The standard InChI is InChI=1S/C26H45NO6S/c1-5-6-7-8-9-10-11-12-13-14-16-24(25-21(2)19-23(32-4)20-22(25)3)33-26(28)27-17-15-18-34(29,30)31/h19-20,24H,5-18H2,1-4H3,(H,27,28)(H,29,30,31)/p-1. The first-order valence-electron chi connectivity index (χ1n) is 12.7. The van der Waals surface area contributed by atoms with Gasteiger partial charge in [0.25, 0.3) is 0 Å². The Morgan fingerprint density at radius 3 is 1.97 bits per heavy atom. The number of benzene rings is 1. The smallest absolute Gasteiger partial charge is 0.407 e. The summed E-state index contributed by atoms with van der Waals surface area (Å²) in [6.07, 6.45) is 12.1. The van der Waals surface area contributed by atoms with Crippen LogP contribution in [0.4, 0.5) is 4.79 Å². The Morgan fingerprint density at radius 2 is 1.47 bits per heavy atom. The first kappa shape index (κ1) is 30.2. The van der Waals surface area contributed by atoms with Crippen LogP contribution in [0.1, 0.15) is 107 Å². The van der Waals surface area contributed by atoms with Gasteiger partial charge in [-0.3, -0.25) is 0 Å². The second-order valence-corrected chi connectivity index (χ2v) is 10.6. The van der Waals surface area contributed by atoms with Crippen molar-refractivity contribution in [2.75, 3.05) is 19.4 Å². The van der Waals surface area contributed by atoms with Crippen LogP contribution < -0.4 is 10.1 Å². The quantitative estimate of drug-likeness (QED) is 0.187. The second-order valence-electron chi connectivity index (χ2n) is 9.08. The van der Waals surface area contributed by atoms with E-state index in [0.717, 1.165) is 35.3 Å². The first-order valence-corrected chi connectivity index (χ1v) is 14.3. The van der Waals surface area contributed by atoms with E-state index < -0.39 is 28.1 Å². The molecular formula is C26H44NO6S-. The second kappa shape index (κ2) is 16.8. The Bertz CT molecular complexity index is 802. The van der Waals surface area contributed by atoms with E-state index in [9.17, 15) is 17.8 Å². The summed E-state index contributed by atoms with van der Waals surface area (Å²) < 4.78 is 43.3. The lowest BCUT2D eigenvalue weighted by atomic mass is 9.93. The number of nitrogens with one attached hydrogen (secondary N) is 1. The van der Waals surface area contributed by atoms with Gasteiger partial charge in [-0.05, 0) is 61.9 Å². The van der Waals surface area contributed by atoms with Crippen molar-refractivity contribution in [3.63, 3.8) is 0 Å². The largest absolute Gasteiger partial charge is 0.748 e. The summed E-state index contributed by atoms with van der Waals surface area (Å²) in [7, 11) is -2.66. The summed E-state index contributed by atoms with van der Waals surface area (Å²) in [5.41, 5.74) is 2.98. The molecule has 0 fully saturated rings. The van der Waals surface area contributed by atoms with Crippen molar-refractivity contribution < 1.29 is 27.2 Å². The van der Waals surface area contributed by atoms with Crippen molar-refractivity contribution in [1.29, 1.82) is 0 Å². The van der Waals surface area contributed by atoms with E-state index in [1.807, 2.05) is 26.0 Å². The van der Waals surface area contributed by atoms with Crippen LogP contribution in [-0.2, 0) is 14.9 Å². The molecule has 1 aromatic carbocycles. The maximum absolute atomic E-state index is 12.4. The van der Waals surface area contributed by atoms with Gasteiger partial charge in [-0.25, -0.2) is 13.2 Å². The zero-order chi connectivity index (χ0) is 25.4. The fraction of sp³-hybridized carbons (Fsp3) is 0.731. The Balaban J connectivity index is 2.61. The fourth-order valence-electron chi connectivity index (χ4n) is 4.25. The van der Waals surface area contributed by atoms with Crippen LogP contribution in [0.2, 0.25) is 0 Å². The summed E-state index contributed by atoms with van der Waals surface area (Å²) in [6.45, 7) is 6.27. The van der Waals surface area contributed by atoms with E-state index in [1.165, 1.54) is 51.4 Å². The third-order valence-electron chi connectivity index (χ3n) is 6.03. The predicted molar refractivity (Wildman–Crippen MR) is 135 cm³/mol. The van der Waals surface area contributed by atoms with Crippen LogP contribution in [-0.4, -0.2) is 38.5 Å². The highest BCUT2D eigenvalue weighted by atomic mass is 32.2. The van der Waals surface area contributed by atoms with Gasteiger partial charge in [0.2, 0.25) is 0 Å². The van der Waals surface area contributed by atoms with Crippen LogP contribution in [0, 0.1) is 13.8 Å². The molecule has 0 saturated heterocycles. The molecule has 0 heterocycles. The number of hydrogen-bond donors (Lipinski definition) is 1. The SMILES string of the molecule is CCCCCCCCCCCCC(OC(=O)NCCCS(=O)(=O)[O-])c1c(C)cc(OC)cc1C. The zero-order valence-electron chi connectivity index (χ0n) is 21.5. The van der Waals surface area contributed by atoms with Gasteiger partial charge in [-0.1, -0.05) is 64.7 Å². The van der Waals surface area contributed by atoms with Crippen molar-refractivity contribution in [3.05, 3.63) is 28.8 Å². The average molecular weight is 499 g/mol. The number of rotatable bonds is 18. The summed E-state index contributed by atoms with van der Waals surface area (Å²) in [5.74, 6) is 0.256. The van der Waals surface area contributed by atoms with Crippen LogP contribution in [0.15, 0.2) is 12.1 Å². The van der Waals surface area contributed by atoms with E-state index in [-0.39, 0.29) is 13.0 Å². The molecule has 1 N–H and O–H groups in total. The molecule has 0 radical (unpaired) electrons. The van der Waals surface area contributed by atoms with Gasteiger partial charge in [0, 0.05) is 12.3 Å². The number of aryl methyl sites for hydroxylation is 2.